The summed E-state index contributed by atoms with van der Waals surface area (Å²) < 4.78 is 39.6. The van der Waals surface area contributed by atoms with Gasteiger partial charge in [-0.2, -0.15) is 0 Å². The van der Waals surface area contributed by atoms with E-state index in [4.69, 9.17) is 21.1 Å². The lowest BCUT2D eigenvalue weighted by molar-refractivity contribution is -0.139. The van der Waals surface area contributed by atoms with E-state index in [1.54, 1.807) is 55.5 Å². The Morgan fingerprint density at radius 1 is 0.951 bits per heavy atom. The topological polar surface area (TPSA) is 105 Å². The highest BCUT2D eigenvalue weighted by Crippen LogP contribution is 2.33. The molecule has 0 bridgehead atoms. The third-order valence-corrected chi connectivity index (χ3v) is 8.57. The lowest BCUT2D eigenvalue weighted by Crippen LogP contribution is -2.51. The Bertz CT molecular complexity index is 1410. The molecule has 3 aromatic rings. The van der Waals surface area contributed by atoms with E-state index in [0.29, 0.717) is 17.3 Å². The Labute approximate surface area is 247 Å². The van der Waals surface area contributed by atoms with Crippen LogP contribution in [0.5, 0.6) is 11.5 Å². The number of rotatable bonds is 14. The van der Waals surface area contributed by atoms with E-state index in [-0.39, 0.29) is 28.8 Å². The first-order valence-corrected chi connectivity index (χ1v) is 15.1. The van der Waals surface area contributed by atoms with E-state index in [9.17, 15) is 18.0 Å². The standard InChI is InChI=1S/C30H36ClN3O6S/c1-5-6-19-32-30(36)22(2)33(20-23-11-13-24(31)14-12-23)29(35)21-34(27-9-7-8-10-28(27)40-4)41(37,38)26-17-15-25(39-3)16-18-26/h7-18,22H,5-6,19-21H2,1-4H3,(H,32,36). The van der Waals surface area contributed by atoms with Gasteiger partial charge in [0.1, 0.15) is 24.1 Å². The SMILES string of the molecule is CCCCNC(=O)C(C)N(Cc1ccc(Cl)cc1)C(=O)CN(c1ccccc1OC)S(=O)(=O)c1ccc(OC)cc1. The highest BCUT2D eigenvalue weighted by Gasteiger charge is 2.33. The second-order valence-electron chi connectivity index (χ2n) is 9.33. The Hall–Kier alpha value is -3.76. The number of unbranched alkanes of at least 4 members (excludes halogenated alkanes) is 1. The quantitative estimate of drug-likeness (QED) is 0.264. The molecule has 0 aliphatic carbocycles. The minimum absolute atomic E-state index is 0.0355. The van der Waals surface area contributed by atoms with Crippen LogP contribution in [0, 0.1) is 0 Å². The van der Waals surface area contributed by atoms with Gasteiger partial charge < -0.3 is 19.7 Å². The maximum atomic E-state index is 14.0. The minimum atomic E-state index is -4.25. The monoisotopic (exact) mass is 601 g/mol. The first-order chi connectivity index (χ1) is 19.6. The molecular weight excluding hydrogens is 566 g/mol. The Balaban J connectivity index is 2.03. The number of para-hydroxylation sites is 2. The van der Waals surface area contributed by atoms with Gasteiger partial charge in [-0.15, -0.1) is 0 Å². The fraction of sp³-hybridized carbons (Fsp3) is 0.333. The van der Waals surface area contributed by atoms with Crippen LogP contribution in [0.2, 0.25) is 5.02 Å². The van der Waals surface area contributed by atoms with Gasteiger partial charge in [-0.05, 0) is 67.4 Å². The number of amides is 2. The van der Waals surface area contributed by atoms with Crippen molar-refractivity contribution in [1.29, 1.82) is 0 Å². The third kappa shape index (κ3) is 8.14. The number of sulfonamides is 1. The van der Waals surface area contributed by atoms with Crippen LogP contribution >= 0.6 is 11.6 Å². The average molecular weight is 602 g/mol. The van der Waals surface area contributed by atoms with Crippen LogP contribution < -0.4 is 19.1 Å². The first kappa shape index (κ1) is 31.8. The van der Waals surface area contributed by atoms with Gasteiger partial charge in [0.2, 0.25) is 11.8 Å². The fourth-order valence-electron chi connectivity index (χ4n) is 4.13. The van der Waals surface area contributed by atoms with Crippen molar-refractivity contribution < 1.29 is 27.5 Å². The van der Waals surface area contributed by atoms with E-state index in [1.165, 1.54) is 43.4 Å². The number of nitrogens with one attached hydrogen (secondary N) is 1. The Morgan fingerprint density at radius 3 is 2.22 bits per heavy atom. The summed E-state index contributed by atoms with van der Waals surface area (Å²) in [6.45, 7) is 3.61. The van der Waals surface area contributed by atoms with E-state index in [2.05, 4.69) is 5.32 Å². The van der Waals surface area contributed by atoms with Gasteiger partial charge in [-0.25, -0.2) is 8.42 Å². The molecule has 1 atom stereocenters. The number of halogens is 1. The predicted molar refractivity (Wildman–Crippen MR) is 160 cm³/mol. The normalized spacial score (nSPS) is 11.8. The molecule has 220 valence electrons. The summed E-state index contributed by atoms with van der Waals surface area (Å²) in [5.41, 5.74) is 0.920. The molecule has 0 radical (unpaired) electrons. The van der Waals surface area contributed by atoms with Gasteiger partial charge in [-0.1, -0.05) is 49.2 Å². The number of carbonyl (C=O) groups is 2. The number of benzene rings is 3. The molecule has 0 aliphatic rings. The molecule has 0 aromatic heterocycles. The van der Waals surface area contributed by atoms with E-state index < -0.39 is 28.5 Å². The zero-order chi connectivity index (χ0) is 30.0. The molecule has 2 amide bonds. The van der Waals surface area contributed by atoms with Crippen LogP contribution in [0.25, 0.3) is 0 Å². The number of carbonyl (C=O) groups excluding carboxylic acids is 2. The molecule has 9 nitrogen and oxygen atoms in total. The Morgan fingerprint density at radius 2 is 1.61 bits per heavy atom. The molecule has 1 unspecified atom stereocenters. The highest BCUT2D eigenvalue weighted by atomic mass is 35.5. The molecule has 0 fully saturated rings. The second kappa shape index (κ2) is 14.7. The molecule has 0 saturated carbocycles. The summed E-state index contributed by atoms with van der Waals surface area (Å²) in [6, 6.07) is 18.5. The van der Waals surface area contributed by atoms with Gasteiger partial charge in [0.05, 0.1) is 24.8 Å². The molecule has 41 heavy (non-hydrogen) atoms. The summed E-state index contributed by atoms with van der Waals surface area (Å²) in [7, 11) is -1.34. The van der Waals surface area contributed by atoms with Gasteiger partial charge >= 0.3 is 0 Å². The molecule has 0 spiro atoms. The van der Waals surface area contributed by atoms with Crippen LogP contribution in [-0.4, -0.2) is 58.5 Å². The van der Waals surface area contributed by atoms with Crippen molar-refractivity contribution in [2.24, 2.45) is 0 Å². The van der Waals surface area contributed by atoms with Crippen LogP contribution in [0.1, 0.15) is 32.3 Å². The lowest BCUT2D eigenvalue weighted by atomic mass is 10.1. The summed E-state index contributed by atoms with van der Waals surface area (Å²) in [5.74, 6) is -0.142. The van der Waals surface area contributed by atoms with Gasteiger partial charge in [0, 0.05) is 18.1 Å². The van der Waals surface area contributed by atoms with Gasteiger partial charge in [0.15, 0.2) is 0 Å². The summed E-state index contributed by atoms with van der Waals surface area (Å²) >= 11 is 6.05. The van der Waals surface area contributed by atoms with Crippen LogP contribution in [0.4, 0.5) is 5.69 Å². The number of anilines is 1. The van der Waals surface area contributed by atoms with Crippen molar-refractivity contribution in [2.45, 2.75) is 44.2 Å². The van der Waals surface area contributed by atoms with Crippen molar-refractivity contribution in [3.05, 3.63) is 83.4 Å². The molecule has 3 rings (SSSR count). The molecule has 0 aliphatic heterocycles. The zero-order valence-electron chi connectivity index (χ0n) is 23.7. The Kier molecular flexibility index (Phi) is 11.4. The van der Waals surface area contributed by atoms with Crippen molar-refractivity contribution in [2.75, 3.05) is 31.6 Å². The smallest absolute Gasteiger partial charge is 0.264 e. The highest BCUT2D eigenvalue weighted by molar-refractivity contribution is 7.92. The van der Waals surface area contributed by atoms with Crippen molar-refractivity contribution >= 4 is 39.1 Å². The van der Waals surface area contributed by atoms with Crippen LogP contribution in [-0.2, 0) is 26.2 Å². The van der Waals surface area contributed by atoms with E-state index in [1.807, 2.05) is 6.92 Å². The zero-order valence-corrected chi connectivity index (χ0v) is 25.2. The number of hydrogen-bond acceptors (Lipinski definition) is 6. The lowest BCUT2D eigenvalue weighted by Gasteiger charge is -2.32. The average Bonchev–Trinajstić information content (AvgIpc) is 2.99. The first-order valence-electron chi connectivity index (χ1n) is 13.2. The van der Waals surface area contributed by atoms with Crippen molar-refractivity contribution in [3.8, 4) is 11.5 Å². The van der Waals surface area contributed by atoms with Gasteiger partial charge in [0.25, 0.3) is 10.0 Å². The summed E-state index contributed by atoms with van der Waals surface area (Å²) in [6.07, 6.45) is 1.70. The number of ether oxygens (including phenoxy) is 2. The molecule has 1 N–H and O–H groups in total. The largest absolute Gasteiger partial charge is 0.497 e. The molecule has 3 aromatic carbocycles. The van der Waals surface area contributed by atoms with Crippen molar-refractivity contribution in [1.82, 2.24) is 10.2 Å². The molecule has 0 heterocycles. The van der Waals surface area contributed by atoms with Crippen LogP contribution in [0.3, 0.4) is 0 Å². The summed E-state index contributed by atoms with van der Waals surface area (Å²) in [5, 5.41) is 3.40. The van der Waals surface area contributed by atoms with Crippen molar-refractivity contribution in [3.63, 3.8) is 0 Å². The molecule has 11 heteroatoms. The molecule has 0 saturated heterocycles. The van der Waals surface area contributed by atoms with E-state index in [0.717, 1.165) is 22.7 Å². The fourth-order valence-corrected chi connectivity index (χ4v) is 5.68. The third-order valence-electron chi connectivity index (χ3n) is 6.54. The number of methoxy groups -OCH3 is 2. The van der Waals surface area contributed by atoms with Gasteiger partial charge in [-0.3, -0.25) is 13.9 Å². The maximum Gasteiger partial charge on any atom is 0.264 e. The maximum absolute atomic E-state index is 14.0. The van der Waals surface area contributed by atoms with Crippen LogP contribution in [0.15, 0.2) is 77.7 Å². The van der Waals surface area contributed by atoms with E-state index >= 15 is 0 Å². The molecular formula is C30H36ClN3O6S. The summed E-state index contributed by atoms with van der Waals surface area (Å²) in [4.78, 5) is 28.4. The minimum Gasteiger partial charge on any atom is -0.497 e. The number of hydrogen-bond donors (Lipinski definition) is 1. The second-order valence-corrected chi connectivity index (χ2v) is 11.6. The predicted octanol–water partition coefficient (Wildman–Crippen LogP) is 4.89. The number of nitrogens with zero attached hydrogens (tertiary/aromatic N) is 2.